The fourth-order valence-corrected chi connectivity index (χ4v) is 2.48. The Bertz CT molecular complexity index is 704. The monoisotopic (exact) mass is 338 g/mol. The van der Waals surface area contributed by atoms with E-state index in [4.69, 9.17) is 0 Å². The van der Waals surface area contributed by atoms with Crippen LogP contribution in [0.2, 0.25) is 0 Å². The molecule has 0 fully saturated rings. The van der Waals surface area contributed by atoms with Gasteiger partial charge in [0.15, 0.2) is 0 Å². The van der Waals surface area contributed by atoms with E-state index >= 15 is 0 Å². The van der Waals surface area contributed by atoms with Crippen molar-refractivity contribution in [1.29, 1.82) is 0 Å². The molecule has 2 N–H and O–H groups in total. The zero-order chi connectivity index (χ0) is 18.2. The summed E-state index contributed by atoms with van der Waals surface area (Å²) in [5, 5.41) is 0. The first-order valence-corrected chi connectivity index (χ1v) is 8.76. The van der Waals surface area contributed by atoms with Crippen molar-refractivity contribution in [2.24, 2.45) is 0 Å². The molecule has 0 saturated heterocycles. The molecule has 2 rings (SSSR count). The van der Waals surface area contributed by atoms with Crippen molar-refractivity contribution in [1.82, 2.24) is 10.9 Å². The average Bonchev–Trinajstić information content (AvgIpc) is 2.64. The van der Waals surface area contributed by atoms with E-state index in [0.29, 0.717) is 24.3 Å². The molecule has 0 spiro atoms. The summed E-state index contributed by atoms with van der Waals surface area (Å²) in [5.74, 6) is -0.0114. The van der Waals surface area contributed by atoms with Gasteiger partial charge in [-0.3, -0.25) is 20.4 Å². The molecular weight excluding hydrogens is 312 g/mol. The minimum atomic E-state index is -0.308. The highest BCUT2D eigenvalue weighted by molar-refractivity contribution is 5.95. The number of benzene rings is 2. The van der Waals surface area contributed by atoms with Gasteiger partial charge in [-0.05, 0) is 47.6 Å². The molecule has 2 aromatic rings. The number of nitrogens with one attached hydrogen (secondary N) is 2. The fraction of sp³-hybridized carbons (Fsp3) is 0.333. The van der Waals surface area contributed by atoms with E-state index in [1.54, 1.807) is 12.1 Å². The van der Waals surface area contributed by atoms with E-state index < -0.39 is 0 Å². The predicted octanol–water partition coefficient (Wildman–Crippen LogP) is 3.77. The molecule has 0 unspecified atom stereocenters. The predicted molar refractivity (Wildman–Crippen MR) is 100 cm³/mol. The molecule has 4 heteroatoms. The number of rotatable bonds is 6. The van der Waals surface area contributed by atoms with E-state index in [2.05, 4.69) is 55.9 Å². The van der Waals surface area contributed by atoms with Gasteiger partial charge in [-0.15, -0.1) is 0 Å². The summed E-state index contributed by atoms with van der Waals surface area (Å²) in [6, 6.07) is 15.6. The first-order chi connectivity index (χ1) is 12.0. The van der Waals surface area contributed by atoms with Gasteiger partial charge in [-0.2, -0.15) is 0 Å². The van der Waals surface area contributed by atoms with Crippen LogP contribution in [0.5, 0.6) is 0 Å². The van der Waals surface area contributed by atoms with Gasteiger partial charge in [-0.25, -0.2) is 0 Å². The molecule has 25 heavy (non-hydrogen) atoms. The van der Waals surface area contributed by atoms with Crippen LogP contribution in [0.15, 0.2) is 48.5 Å². The zero-order valence-electron chi connectivity index (χ0n) is 15.1. The minimum absolute atomic E-state index is 0.202. The van der Waals surface area contributed by atoms with Crippen molar-refractivity contribution in [3.63, 3.8) is 0 Å². The average molecular weight is 338 g/mol. The summed E-state index contributed by atoms with van der Waals surface area (Å²) in [4.78, 5) is 23.9. The molecule has 2 aromatic carbocycles. The third-order valence-electron chi connectivity index (χ3n) is 4.23. The Kier molecular flexibility index (Phi) is 6.75. The lowest BCUT2D eigenvalue weighted by atomic mass is 10.0. The third-order valence-corrected chi connectivity index (χ3v) is 4.23. The molecule has 0 aliphatic rings. The van der Waals surface area contributed by atoms with E-state index in [1.165, 1.54) is 11.1 Å². The Morgan fingerprint density at radius 2 is 1.48 bits per heavy atom. The maximum atomic E-state index is 12.0. The Morgan fingerprint density at radius 3 is 2.04 bits per heavy atom. The van der Waals surface area contributed by atoms with Crippen LogP contribution >= 0.6 is 0 Å². The SMILES string of the molecule is CCc1ccc(C(=O)NNC(=O)CCc2ccc(C(C)C)cc2)cc1. The first-order valence-electron chi connectivity index (χ1n) is 8.76. The molecule has 132 valence electrons. The van der Waals surface area contributed by atoms with Crippen LogP contribution < -0.4 is 10.9 Å². The molecule has 0 bridgehead atoms. The molecule has 0 aromatic heterocycles. The Hall–Kier alpha value is -2.62. The van der Waals surface area contributed by atoms with Crippen LogP contribution in [-0.2, 0) is 17.6 Å². The molecule has 4 nitrogen and oxygen atoms in total. The molecule has 0 aliphatic heterocycles. The number of carbonyl (C=O) groups excluding carboxylic acids is 2. The van der Waals surface area contributed by atoms with Crippen LogP contribution in [0.1, 0.15) is 60.2 Å². The summed E-state index contributed by atoms with van der Waals surface area (Å²) in [5.41, 5.74) is 9.03. The topological polar surface area (TPSA) is 58.2 Å². The number of hydrazine groups is 1. The van der Waals surface area contributed by atoms with Crippen LogP contribution in [-0.4, -0.2) is 11.8 Å². The number of hydrogen-bond donors (Lipinski definition) is 2. The van der Waals surface area contributed by atoms with Crippen LogP contribution in [0.4, 0.5) is 0 Å². The summed E-state index contributed by atoms with van der Waals surface area (Å²) in [6.45, 7) is 6.37. The highest BCUT2D eigenvalue weighted by Gasteiger charge is 2.08. The highest BCUT2D eigenvalue weighted by Crippen LogP contribution is 2.15. The standard InChI is InChI=1S/C21H26N2O2/c1-4-16-5-12-19(13-6-16)21(25)23-22-20(24)14-9-17-7-10-18(11-8-17)15(2)3/h5-8,10-13,15H,4,9,14H2,1-3H3,(H,22,24)(H,23,25). The second-order valence-corrected chi connectivity index (χ2v) is 6.45. The second kappa shape index (κ2) is 9.02. The lowest BCUT2D eigenvalue weighted by molar-refractivity contribution is -0.121. The van der Waals surface area contributed by atoms with E-state index in [0.717, 1.165) is 12.0 Å². The Balaban J connectivity index is 1.77. The van der Waals surface area contributed by atoms with Crippen molar-refractivity contribution < 1.29 is 9.59 Å². The molecule has 0 aliphatic carbocycles. The summed E-state index contributed by atoms with van der Waals surface area (Å²) >= 11 is 0. The molecule has 0 heterocycles. The number of amides is 2. The molecule has 0 atom stereocenters. The Labute approximate surface area is 149 Å². The van der Waals surface area contributed by atoms with Gasteiger partial charge in [0, 0.05) is 12.0 Å². The smallest absolute Gasteiger partial charge is 0.269 e. The first kappa shape index (κ1) is 18.7. The molecule has 2 amide bonds. The third kappa shape index (κ3) is 5.75. The molecule has 0 radical (unpaired) electrons. The van der Waals surface area contributed by atoms with Crippen LogP contribution in [0.25, 0.3) is 0 Å². The van der Waals surface area contributed by atoms with Crippen molar-refractivity contribution >= 4 is 11.8 Å². The van der Waals surface area contributed by atoms with Gasteiger partial charge in [0.1, 0.15) is 0 Å². The summed E-state index contributed by atoms with van der Waals surface area (Å²) in [6.07, 6.45) is 1.90. The van der Waals surface area contributed by atoms with Gasteiger partial charge < -0.3 is 0 Å². The number of carbonyl (C=O) groups is 2. The largest absolute Gasteiger partial charge is 0.273 e. The van der Waals surface area contributed by atoms with Gasteiger partial charge in [-0.1, -0.05) is 57.2 Å². The fourth-order valence-electron chi connectivity index (χ4n) is 2.48. The molecular formula is C21H26N2O2. The van der Waals surface area contributed by atoms with Gasteiger partial charge in [0.05, 0.1) is 0 Å². The maximum Gasteiger partial charge on any atom is 0.269 e. The summed E-state index contributed by atoms with van der Waals surface area (Å²) in [7, 11) is 0. The number of hydrogen-bond acceptors (Lipinski definition) is 2. The van der Waals surface area contributed by atoms with Crippen molar-refractivity contribution in [2.75, 3.05) is 0 Å². The van der Waals surface area contributed by atoms with Gasteiger partial charge in [0.2, 0.25) is 5.91 Å². The van der Waals surface area contributed by atoms with Crippen molar-refractivity contribution in [3.8, 4) is 0 Å². The van der Waals surface area contributed by atoms with Gasteiger partial charge in [0.25, 0.3) is 5.91 Å². The Morgan fingerprint density at radius 1 is 0.880 bits per heavy atom. The second-order valence-electron chi connectivity index (χ2n) is 6.45. The van der Waals surface area contributed by atoms with Crippen molar-refractivity contribution in [2.45, 2.75) is 46.0 Å². The minimum Gasteiger partial charge on any atom is -0.273 e. The van der Waals surface area contributed by atoms with E-state index in [9.17, 15) is 9.59 Å². The van der Waals surface area contributed by atoms with Crippen LogP contribution in [0, 0.1) is 0 Å². The quantitative estimate of drug-likeness (QED) is 0.788. The molecule has 0 saturated carbocycles. The van der Waals surface area contributed by atoms with E-state index in [1.807, 2.05) is 12.1 Å². The lowest BCUT2D eigenvalue weighted by Crippen LogP contribution is -2.41. The van der Waals surface area contributed by atoms with Crippen molar-refractivity contribution in [3.05, 3.63) is 70.8 Å². The summed E-state index contributed by atoms with van der Waals surface area (Å²) < 4.78 is 0. The lowest BCUT2D eigenvalue weighted by Gasteiger charge is -2.09. The van der Waals surface area contributed by atoms with Crippen LogP contribution in [0.3, 0.4) is 0 Å². The normalized spacial score (nSPS) is 10.6. The van der Waals surface area contributed by atoms with E-state index in [-0.39, 0.29) is 11.8 Å². The zero-order valence-corrected chi connectivity index (χ0v) is 15.1. The number of aryl methyl sites for hydroxylation is 2. The van der Waals surface area contributed by atoms with Gasteiger partial charge >= 0.3 is 0 Å². The maximum absolute atomic E-state index is 12.0. The highest BCUT2D eigenvalue weighted by atomic mass is 16.2.